The Morgan fingerprint density at radius 1 is 1.06 bits per heavy atom. The predicted octanol–water partition coefficient (Wildman–Crippen LogP) is 3.59. The molecule has 0 spiro atoms. The number of rotatable bonds is 6. The highest BCUT2D eigenvalue weighted by atomic mass is 35.5. The monoisotopic (exact) mass is 471 g/mol. The van der Waals surface area contributed by atoms with Gasteiger partial charge in [-0.3, -0.25) is 14.6 Å². The Labute approximate surface area is 199 Å². The quantitative estimate of drug-likeness (QED) is 0.643. The van der Waals surface area contributed by atoms with Crippen LogP contribution >= 0.6 is 11.6 Å². The van der Waals surface area contributed by atoms with Gasteiger partial charge in [-0.15, -0.1) is 0 Å². The van der Waals surface area contributed by atoms with E-state index in [9.17, 15) is 9.59 Å². The maximum absolute atomic E-state index is 13.1. The third-order valence-electron chi connectivity index (χ3n) is 6.57. The van der Waals surface area contributed by atoms with Crippen LogP contribution in [0.5, 0.6) is 5.75 Å². The van der Waals surface area contributed by atoms with Crippen molar-refractivity contribution in [3.8, 4) is 5.75 Å². The topological polar surface area (TPSA) is 72.0 Å². The second-order valence-electron chi connectivity index (χ2n) is 8.87. The summed E-state index contributed by atoms with van der Waals surface area (Å²) < 4.78 is 11.5. The molecule has 0 bridgehead atoms. The SMILES string of the molecule is Cc1cccnc1C(=O)N1CCC(COc2ccc(Cl)cc2)(CC(=O)N2CCOCC2)CC1. The van der Waals surface area contributed by atoms with Gasteiger partial charge >= 0.3 is 0 Å². The lowest BCUT2D eigenvalue weighted by Gasteiger charge is -2.42. The van der Waals surface area contributed by atoms with E-state index in [-0.39, 0.29) is 17.2 Å². The van der Waals surface area contributed by atoms with Crippen LogP contribution in [0, 0.1) is 12.3 Å². The second-order valence-corrected chi connectivity index (χ2v) is 9.31. The maximum Gasteiger partial charge on any atom is 0.272 e. The van der Waals surface area contributed by atoms with Crippen molar-refractivity contribution < 1.29 is 19.1 Å². The Balaban J connectivity index is 1.45. The molecule has 8 heteroatoms. The van der Waals surface area contributed by atoms with Crippen molar-refractivity contribution in [1.29, 1.82) is 0 Å². The van der Waals surface area contributed by atoms with Crippen molar-refractivity contribution in [3.05, 3.63) is 58.9 Å². The first kappa shape index (κ1) is 23.5. The van der Waals surface area contributed by atoms with Crippen LogP contribution in [0.1, 0.15) is 35.3 Å². The van der Waals surface area contributed by atoms with Crippen molar-refractivity contribution in [3.63, 3.8) is 0 Å². The van der Waals surface area contributed by atoms with Crippen molar-refractivity contribution in [1.82, 2.24) is 14.8 Å². The average molecular weight is 472 g/mol. The number of hydrogen-bond donors (Lipinski definition) is 0. The molecule has 2 aromatic rings. The fourth-order valence-electron chi connectivity index (χ4n) is 4.43. The minimum absolute atomic E-state index is 0.0557. The van der Waals surface area contributed by atoms with Gasteiger partial charge in [0.25, 0.3) is 5.91 Å². The number of benzene rings is 1. The minimum atomic E-state index is -0.342. The fourth-order valence-corrected chi connectivity index (χ4v) is 4.55. The number of amides is 2. The zero-order valence-electron chi connectivity index (χ0n) is 19.0. The first-order valence-electron chi connectivity index (χ1n) is 11.4. The standard InChI is InChI=1S/C25H30ClN3O4/c1-19-3-2-10-27-23(19)24(31)29-11-8-25(9-12-29,17-22(30)28-13-15-32-16-14-28)18-33-21-6-4-20(26)5-7-21/h2-7,10H,8-9,11-18H2,1H3. The molecule has 7 nitrogen and oxygen atoms in total. The summed E-state index contributed by atoms with van der Waals surface area (Å²) in [6, 6.07) is 11.0. The molecule has 0 atom stereocenters. The molecule has 0 aliphatic carbocycles. The maximum atomic E-state index is 13.1. The zero-order valence-corrected chi connectivity index (χ0v) is 19.7. The van der Waals surface area contributed by atoms with Crippen LogP contribution in [-0.4, -0.2) is 72.6 Å². The molecule has 2 saturated heterocycles. The Kier molecular flexibility index (Phi) is 7.50. The fraction of sp³-hybridized carbons (Fsp3) is 0.480. The van der Waals surface area contributed by atoms with Gasteiger partial charge in [-0.25, -0.2) is 0 Å². The van der Waals surface area contributed by atoms with Crippen LogP contribution in [0.25, 0.3) is 0 Å². The van der Waals surface area contributed by atoms with Gasteiger partial charge in [-0.1, -0.05) is 17.7 Å². The number of pyridine rings is 1. The highest BCUT2D eigenvalue weighted by Crippen LogP contribution is 2.37. The molecule has 2 amide bonds. The third-order valence-corrected chi connectivity index (χ3v) is 6.82. The van der Waals surface area contributed by atoms with Crippen LogP contribution < -0.4 is 4.74 Å². The van der Waals surface area contributed by atoms with Crippen molar-refractivity contribution in [2.75, 3.05) is 46.0 Å². The summed E-state index contributed by atoms with van der Waals surface area (Å²) in [4.78, 5) is 34.2. The lowest BCUT2D eigenvalue weighted by atomic mass is 9.75. The molecule has 1 aromatic carbocycles. The van der Waals surface area contributed by atoms with Gasteiger partial charge < -0.3 is 19.3 Å². The van der Waals surface area contributed by atoms with Crippen molar-refractivity contribution in [2.45, 2.75) is 26.2 Å². The molecule has 4 rings (SSSR count). The van der Waals surface area contributed by atoms with E-state index in [2.05, 4.69) is 4.98 Å². The van der Waals surface area contributed by atoms with Gasteiger partial charge in [0.1, 0.15) is 11.4 Å². The Morgan fingerprint density at radius 3 is 2.42 bits per heavy atom. The molecule has 33 heavy (non-hydrogen) atoms. The van der Waals surface area contributed by atoms with Gasteiger partial charge in [0.2, 0.25) is 5.91 Å². The molecular weight excluding hydrogens is 442 g/mol. The second kappa shape index (κ2) is 10.5. The molecule has 2 aliphatic rings. The Hall–Kier alpha value is -2.64. The number of hydrogen-bond acceptors (Lipinski definition) is 5. The summed E-state index contributed by atoms with van der Waals surface area (Å²) in [5.74, 6) is 0.790. The predicted molar refractivity (Wildman–Crippen MR) is 126 cm³/mol. The van der Waals surface area contributed by atoms with Gasteiger partial charge in [0, 0.05) is 49.2 Å². The molecular formula is C25H30ClN3O4. The largest absolute Gasteiger partial charge is 0.493 e. The lowest BCUT2D eigenvalue weighted by molar-refractivity contribution is -0.139. The number of likely N-dealkylation sites (tertiary alicyclic amines) is 1. The number of halogens is 1. The highest BCUT2D eigenvalue weighted by molar-refractivity contribution is 6.30. The van der Waals surface area contributed by atoms with E-state index in [1.54, 1.807) is 18.3 Å². The molecule has 1 aromatic heterocycles. The molecule has 0 unspecified atom stereocenters. The lowest BCUT2D eigenvalue weighted by Crippen LogP contribution is -2.49. The molecule has 0 N–H and O–H groups in total. The van der Waals surface area contributed by atoms with Crippen molar-refractivity contribution in [2.24, 2.45) is 5.41 Å². The molecule has 0 radical (unpaired) electrons. The van der Waals surface area contributed by atoms with Gasteiger partial charge in [-0.05, 0) is 55.7 Å². The number of carbonyl (C=O) groups is 2. The smallest absolute Gasteiger partial charge is 0.272 e. The normalized spacial score (nSPS) is 18.1. The minimum Gasteiger partial charge on any atom is -0.493 e. The summed E-state index contributed by atoms with van der Waals surface area (Å²) >= 11 is 5.99. The number of carbonyl (C=O) groups excluding carboxylic acids is 2. The van der Waals surface area contributed by atoms with E-state index in [1.165, 1.54) is 0 Å². The van der Waals surface area contributed by atoms with Crippen LogP contribution in [0.4, 0.5) is 0 Å². The summed E-state index contributed by atoms with van der Waals surface area (Å²) in [7, 11) is 0. The first-order chi connectivity index (χ1) is 16.0. The van der Waals surface area contributed by atoms with E-state index >= 15 is 0 Å². The van der Waals surface area contributed by atoms with E-state index in [4.69, 9.17) is 21.1 Å². The number of aromatic nitrogens is 1. The van der Waals surface area contributed by atoms with Crippen molar-refractivity contribution >= 4 is 23.4 Å². The van der Waals surface area contributed by atoms with Crippen LogP contribution in [0.15, 0.2) is 42.6 Å². The molecule has 3 heterocycles. The van der Waals surface area contributed by atoms with Crippen LogP contribution in [0.3, 0.4) is 0 Å². The average Bonchev–Trinajstić information content (AvgIpc) is 2.85. The number of ether oxygens (including phenoxy) is 2. The van der Waals surface area contributed by atoms with E-state index in [0.29, 0.717) is 76.0 Å². The van der Waals surface area contributed by atoms with Crippen LogP contribution in [-0.2, 0) is 9.53 Å². The number of morpholine rings is 1. The van der Waals surface area contributed by atoms with E-state index < -0.39 is 0 Å². The summed E-state index contributed by atoms with van der Waals surface area (Å²) in [5, 5.41) is 0.649. The van der Waals surface area contributed by atoms with E-state index in [0.717, 1.165) is 11.3 Å². The molecule has 176 valence electrons. The Morgan fingerprint density at radius 2 is 1.76 bits per heavy atom. The van der Waals surface area contributed by atoms with Gasteiger partial charge in [0.05, 0.1) is 19.8 Å². The number of aryl methyl sites for hydroxylation is 1. The number of nitrogens with zero attached hydrogens (tertiary/aromatic N) is 3. The van der Waals surface area contributed by atoms with E-state index in [1.807, 2.05) is 41.0 Å². The Bertz CT molecular complexity index is 968. The highest BCUT2D eigenvalue weighted by Gasteiger charge is 2.40. The summed E-state index contributed by atoms with van der Waals surface area (Å²) in [6.45, 7) is 5.83. The summed E-state index contributed by atoms with van der Waals surface area (Å²) in [5.41, 5.74) is 1.02. The summed E-state index contributed by atoms with van der Waals surface area (Å²) in [6.07, 6.45) is 3.42. The zero-order chi connectivity index (χ0) is 23.3. The van der Waals surface area contributed by atoms with Gasteiger partial charge in [0.15, 0.2) is 0 Å². The molecule has 2 fully saturated rings. The molecule has 0 saturated carbocycles. The third kappa shape index (κ3) is 5.84. The number of piperidine rings is 1. The first-order valence-corrected chi connectivity index (χ1v) is 11.8. The van der Waals surface area contributed by atoms with Gasteiger partial charge in [-0.2, -0.15) is 0 Å². The van der Waals surface area contributed by atoms with Crippen LogP contribution in [0.2, 0.25) is 5.02 Å². The molecule has 2 aliphatic heterocycles.